The van der Waals surface area contributed by atoms with Gasteiger partial charge in [-0.25, -0.2) is 4.98 Å². The molecule has 3 aromatic carbocycles. The van der Waals surface area contributed by atoms with Gasteiger partial charge in [-0.15, -0.1) is 11.3 Å². The molecule has 0 amide bonds. The second kappa shape index (κ2) is 8.91. The van der Waals surface area contributed by atoms with Gasteiger partial charge in [0, 0.05) is 22.3 Å². The normalized spacial score (nSPS) is 10.6. The third kappa shape index (κ3) is 4.71. The van der Waals surface area contributed by atoms with Crippen LogP contribution in [-0.4, -0.2) is 4.98 Å². The monoisotopic (exact) mass is 406 g/mol. The van der Waals surface area contributed by atoms with E-state index in [1.54, 1.807) is 6.20 Å². The number of para-hydroxylation sites is 1. The number of aromatic nitrogens is 1. The highest BCUT2D eigenvalue weighted by molar-refractivity contribution is 7.15. The molecule has 0 unspecified atom stereocenters. The molecule has 4 aromatic rings. The van der Waals surface area contributed by atoms with Crippen LogP contribution >= 0.6 is 22.9 Å². The average molecular weight is 407 g/mol. The van der Waals surface area contributed by atoms with E-state index in [-0.39, 0.29) is 0 Å². The van der Waals surface area contributed by atoms with Crippen molar-refractivity contribution in [2.45, 2.75) is 13.2 Å². The fraction of sp³-hybridized carbons (Fsp3) is 0.0870. The fourth-order valence-electron chi connectivity index (χ4n) is 2.89. The Bertz CT molecular complexity index is 1030. The van der Waals surface area contributed by atoms with Crippen LogP contribution < -0.4 is 10.1 Å². The Morgan fingerprint density at radius 1 is 0.893 bits per heavy atom. The number of nitrogens with one attached hydrogen (secondary N) is 1. The van der Waals surface area contributed by atoms with E-state index in [1.165, 1.54) is 11.3 Å². The van der Waals surface area contributed by atoms with Gasteiger partial charge in [-0.3, -0.25) is 0 Å². The summed E-state index contributed by atoms with van der Waals surface area (Å²) >= 11 is 7.37. The van der Waals surface area contributed by atoms with Crippen LogP contribution in [0.1, 0.15) is 10.4 Å². The van der Waals surface area contributed by atoms with Crippen molar-refractivity contribution < 1.29 is 4.74 Å². The molecule has 0 aliphatic rings. The average Bonchev–Trinajstić information content (AvgIpc) is 3.17. The lowest BCUT2D eigenvalue weighted by Gasteiger charge is -2.12. The molecule has 0 saturated carbocycles. The highest BCUT2D eigenvalue weighted by atomic mass is 35.5. The highest BCUT2D eigenvalue weighted by Gasteiger charge is 2.07. The number of anilines is 1. The third-order valence-corrected chi connectivity index (χ3v) is 5.43. The standard InChI is InChI=1S/C23H19ClN2OS/c24-23-26-15-20(28-23)14-25-19-12-10-18(11-13-19)21-8-4-5-9-22(21)27-16-17-6-2-1-3-7-17/h1-13,15,25H,14,16H2. The maximum absolute atomic E-state index is 6.08. The van der Waals surface area contributed by atoms with Crippen LogP contribution in [0.4, 0.5) is 5.69 Å². The summed E-state index contributed by atoms with van der Waals surface area (Å²) in [5, 5.41) is 3.39. The summed E-state index contributed by atoms with van der Waals surface area (Å²) in [7, 11) is 0. The summed E-state index contributed by atoms with van der Waals surface area (Å²) < 4.78 is 6.65. The number of halogens is 1. The highest BCUT2D eigenvalue weighted by Crippen LogP contribution is 2.31. The van der Waals surface area contributed by atoms with Gasteiger partial charge in [0.15, 0.2) is 4.47 Å². The molecule has 3 nitrogen and oxygen atoms in total. The van der Waals surface area contributed by atoms with Crippen LogP contribution in [0.3, 0.4) is 0 Å². The number of thiazole rings is 1. The van der Waals surface area contributed by atoms with E-state index in [2.05, 4.69) is 52.8 Å². The van der Waals surface area contributed by atoms with Crippen LogP contribution in [-0.2, 0) is 13.2 Å². The Labute approximate surface area is 173 Å². The zero-order valence-corrected chi connectivity index (χ0v) is 16.7. The summed E-state index contributed by atoms with van der Waals surface area (Å²) in [5.41, 5.74) is 4.41. The fourth-order valence-corrected chi connectivity index (χ4v) is 3.81. The minimum Gasteiger partial charge on any atom is -0.488 e. The van der Waals surface area contributed by atoms with Crippen molar-refractivity contribution in [2.75, 3.05) is 5.32 Å². The van der Waals surface area contributed by atoms with E-state index < -0.39 is 0 Å². The Morgan fingerprint density at radius 2 is 1.64 bits per heavy atom. The van der Waals surface area contributed by atoms with Crippen LogP contribution in [0.25, 0.3) is 11.1 Å². The summed E-state index contributed by atoms with van der Waals surface area (Å²) in [4.78, 5) is 5.17. The van der Waals surface area contributed by atoms with Crippen LogP contribution in [0, 0.1) is 0 Å². The Hall–Kier alpha value is -2.82. The number of benzene rings is 3. The molecule has 0 bridgehead atoms. The van der Waals surface area contributed by atoms with Gasteiger partial charge in [-0.1, -0.05) is 72.3 Å². The molecule has 4 rings (SSSR count). The second-order valence-electron chi connectivity index (χ2n) is 6.28. The molecule has 1 N–H and O–H groups in total. The van der Waals surface area contributed by atoms with E-state index in [0.717, 1.165) is 33.0 Å². The largest absolute Gasteiger partial charge is 0.488 e. The number of rotatable bonds is 7. The van der Waals surface area contributed by atoms with Gasteiger partial charge in [0.1, 0.15) is 12.4 Å². The number of hydrogen-bond donors (Lipinski definition) is 1. The van der Waals surface area contributed by atoms with E-state index in [1.807, 2.05) is 36.4 Å². The smallest absolute Gasteiger partial charge is 0.183 e. The van der Waals surface area contributed by atoms with Crippen LogP contribution in [0.15, 0.2) is 85.1 Å². The lowest BCUT2D eigenvalue weighted by atomic mass is 10.0. The SMILES string of the molecule is Clc1ncc(CNc2ccc(-c3ccccc3OCc3ccccc3)cc2)s1. The van der Waals surface area contributed by atoms with E-state index in [9.17, 15) is 0 Å². The lowest BCUT2D eigenvalue weighted by molar-refractivity contribution is 0.307. The molecule has 0 radical (unpaired) electrons. The van der Waals surface area contributed by atoms with Crippen molar-refractivity contribution in [2.24, 2.45) is 0 Å². The number of hydrogen-bond acceptors (Lipinski definition) is 4. The quantitative estimate of drug-likeness (QED) is 0.373. The molecule has 1 aromatic heterocycles. The Balaban J connectivity index is 1.45. The first-order valence-electron chi connectivity index (χ1n) is 8.98. The molecule has 1 heterocycles. The Kier molecular flexibility index (Phi) is 5.90. The van der Waals surface area contributed by atoms with Gasteiger partial charge in [-0.2, -0.15) is 0 Å². The molecule has 140 valence electrons. The first-order valence-corrected chi connectivity index (χ1v) is 10.2. The van der Waals surface area contributed by atoms with Crippen molar-refractivity contribution in [3.63, 3.8) is 0 Å². The maximum Gasteiger partial charge on any atom is 0.183 e. The summed E-state index contributed by atoms with van der Waals surface area (Å²) in [6, 6.07) is 26.7. The number of ether oxygens (including phenoxy) is 1. The molecule has 0 aliphatic heterocycles. The lowest BCUT2D eigenvalue weighted by Crippen LogP contribution is -1.98. The van der Waals surface area contributed by atoms with Crippen molar-refractivity contribution in [1.82, 2.24) is 4.98 Å². The van der Waals surface area contributed by atoms with Gasteiger partial charge < -0.3 is 10.1 Å². The maximum atomic E-state index is 6.08. The third-order valence-electron chi connectivity index (χ3n) is 4.31. The van der Waals surface area contributed by atoms with E-state index >= 15 is 0 Å². The van der Waals surface area contributed by atoms with Crippen molar-refractivity contribution in [3.05, 3.63) is 100.0 Å². The molecule has 0 fully saturated rings. The molecule has 0 aliphatic carbocycles. The minimum absolute atomic E-state index is 0.550. The molecule has 0 saturated heterocycles. The first kappa shape index (κ1) is 18.5. The molecular formula is C23H19ClN2OS. The molecule has 28 heavy (non-hydrogen) atoms. The van der Waals surface area contributed by atoms with Crippen molar-refractivity contribution in [3.8, 4) is 16.9 Å². The van der Waals surface area contributed by atoms with Gasteiger partial charge >= 0.3 is 0 Å². The van der Waals surface area contributed by atoms with E-state index in [0.29, 0.717) is 17.6 Å². The predicted molar refractivity (Wildman–Crippen MR) is 117 cm³/mol. The number of nitrogens with zero attached hydrogens (tertiary/aromatic N) is 1. The molecule has 5 heteroatoms. The second-order valence-corrected chi connectivity index (χ2v) is 7.98. The van der Waals surface area contributed by atoms with Crippen LogP contribution in [0.5, 0.6) is 5.75 Å². The Morgan fingerprint density at radius 3 is 2.39 bits per heavy atom. The predicted octanol–water partition coefficient (Wildman–Crippen LogP) is 6.65. The summed E-state index contributed by atoms with van der Waals surface area (Å²) in [6.45, 7) is 1.26. The summed E-state index contributed by atoms with van der Waals surface area (Å²) in [5.74, 6) is 0.881. The molecular weight excluding hydrogens is 388 g/mol. The van der Waals surface area contributed by atoms with Crippen LogP contribution in [0.2, 0.25) is 4.47 Å². The zero-order valence-electron chi connectivity index (χ0n) is 15.1. The summed E-state index contributed by atoms with van der Waals surface area (Å²) in [6.07, 6.45) is 1.80. The van der Waals surface area contributed by atoms with Gasteiger partial charge in [0.2, 0.25) is 0 Å². The zero-order chi connectivity index (χ0) is 19.2. The first-order chi connectivity index (χ1) is 13.8. The van der Waals surface area contributed by atoms with Gasteiger partial charge in [0.25, 0.3) is 0 Å². The minimum atomic E-state index is 0.550. The van der Waals surface area contributed by atoms with Crippen molar-refractivity contribution in [1.29, 1.82) is 0 Å². The van der Waals surface area contributed by atoms with Crippen molar-refractivity contribution >= 4 is 28.6 Å². The van der Waals surface area contributed by atoms with Gasteiger partial charge in [0.05, 0.1) is 6.54 Å². The molecule has 0 atom stereocenters. The topological polar surface area (TPSA) is 34.2 Å². The van der Waals surface area contributed by atoms with E-state index in [4.69, 9.17) is 16.3 Å². The molecule has 0 spiro atoms. The van der Waals surface area contributed by atoms with Gasteiger partial charge in [-0.05, 0) is 29.3 Å².